The minimum atomic E-state index is 0. The lowest BCUT2D eigenvalue weighted by atomic mass is 9.90. The Labute approximate surface area is 120 Å². The summed E-state index contributed by atoms with van der Waals surface area (Å²) in [6.45, 7) is 4.32. The van der Waals surface area contributed by atoms with Crippen LogP contribution in [0.15, 0.2) is 24.5 Å². The molecule has 2 heterocycles. The summed E-state index contributed by atoms with van der Waals surface area (Å²) in [4.78, 5) is 17.9. The number of amides is 1. The van der Waals surface area contributed by atoms with Crippen LogP contribution in [0.4, 0.5) is 0 Å². The highest BCUT2D eigenvalue weighted by molar-refractivity contribution is 5.94. The van der Waals surface area contributed by atoms with Crippen molar-refractivity contribution < 1.29 is 4.79 Å². The van der Waals surface area contributed by atoms with Crippen molar-refractivity contribution in [1.82, 2.24) is 9.88 Å². The van der Waals surface area contributed by atoms with Gasteiger partial charge >= 0.3 is 0 Å². The molecule has 1 amide bonds. The van der Waals surface area contributed by atoms with Crippen molar-refractivity contribution in [3.8, 4) is 0 Å². The van der Waals surface area contributed by atoms with E-state index < -0.39 is 0 Å². The number of nitrogens with two attached hydrogens (primary N) is 1. The quantitative estimate of drug-likeness (QED) is 0.903. The normalized spacial score (nSPS) is 22.0. The molecule has 0 aromatic carbocycles. The predicted octanol–water partition coefficient (Wildman–Crippen LogP) is 1.74. The van der Waals surface area contributed by atoms with Gasteiger partial charge < -0.3 is 10.6 Å². The number of hydrogen-bond donors (Lipinski definition) is 1. The summed E-state index contributed by atoms with van der Waals surface area (Å²) in [5.74, 6) is 0.0829. The smallest absolute Gasteiger partial charge is 0.253 e. The summed E-state index contributed by atoms with van der Waals surface area (Å²) < 4.78 is 0. The Morgan fingerprint density at radius 3 is 2.56 bits per heavy atom. The van der Waals surface area contributed by atoms with E-state index in [1.807, 2.05) is 4.90 Å². The summed E-state index contributed by atoms with van der Waals surface area (Å²) in [5.41, 5.74) is 6.51. The molecule has 2 rings (SSSR count). The molecule has 0 spiro atoms. The van der Waals surface area contributed by atoms with Gasteiger partial charge in [-0.2, -0.15) is 0 Å². The van der Waals surface area contributed by atoms with Gasteiger partial charge in [0.25, 0.3) is 5.91 Å². The Morgan fingerprint density at radius 1 is 1.44 bits per heavy atom. The standard InChI is InChI=1S/C12H17N3O.2ClH/c1-12(8-13)4-7-15(9-12)11(16)10-2-5-14-6-3-10;;/h2-3,5-6H,4,7-9,13H2,1H3;2*1H. The SMILES string of the molecule is CC1(CN)CCN(C(=O)c2ccncc2)C1.Cl.Cl. The predicted molar refractivity (Wildman–Crippen MR) is 76.4 cm³/mol. The number of halogens is 2. The molecule has 1 fully saturated rings. The zero-order valence-electron chi connectivity index (χ0n) is 10.3. The molecule has 102 valence electrons. The van der Waals surface area contributed by atoms with Crippen molar-refractivity contribution in [3.05, 3.63) is 30.1 Å². The van der Waals surface area contributed by atoms with E-state index in [0.29, 0.717) is 12.1 Å². The van der Waals surface area contributed by atoms with E-state index in [1.165, 1.54) is 0 Å². The molecule has 1 aliphatic rings. The van der Waals surface area contributed by atoms with Crippen molar-refractivity contribution in [2.75, 3.05) is 19.6 Å². The fourth-order valence-corrected chi connectivity index (χ4v) is 2.04. The molecule has 0 saturated carbocycles. The topological polar surface area (TPSA) is 59.2 Å². The summed E-state index contributed by atoms with van der Waals surface area (Å²) in [7, 11) is 0. The molecule has 1 aromatic heterocycles. The van der Waals surface area contributed by atoms with Crippen LogP contribution >= 0.6 is 24.8 Å². The molecule has 0 bridgehead atoms. The van der Waals surface area contributed by atoms with Crippen molar-refractivity contribution in [2.24, 2.45) is 11.1 Å². The molecular formula is C12H19Cl2N3O. The fraction of sp³-hybridized carbons (Fsp3) is 0.500. The van der Waals surface area contributed by atoms with Gasteiger partial charge in [-0.15, -0.1) is 24.8 Å². The first-order valence-electron chi connectivity index (χ1n) is 5.54. The highest BCUT2D eigenvalue weighted by atomic mass is 35.5. The van der Waals surface area contributed by atoms with Gasteiger partial charge in [0.1, 0.15) is 0 Å². The van der Waals surface area contributed by atoms with E-state index in [4.69, 9.17) is 5.73 Å². The third kappa shape index (κ3) is 3.57. The first-order valence-corrected chi connectivity index (χ1v) is 5.54. The summed E-state index contributed by atoms with van der Waals surface area (Å²) in [6.07, 6.45) is 4.27. The van der Waals surface area contributed by atoms with Crippen LogP contribution in [0.2, 0.25) is 0 Å². The van der Waals surface area contributed by atoms with Crippen molar-refractivity contribution in [2.45, 2.75) is 13.3 Å². The van der Waals surface area contributed by atoms with Crippen LogP contribution in [0.5, 0.6) is 0 Å². The van der Waals surface area contributed by atoms with E-state index >= 15 is 0 Å². The molecule has 18 heavy (non-hydrogen) atoms. The van der Waals surface area contributed by atoms with Crippen LogP contribution in [0, 0.1) is 5.41 Å². The minimum Gasteiger partial charge on any atom is -0.338 e. The van der Waals surface area contributed by atoms with E-state index in [2.05, 4.69) is 11.9 Å². The Morgan fingerprint density at radius 2 is 2.06 bits per heavy atom. The zero-order valence-corrected chi connectivity index (χ0v) is 12.0. The largest absolute Gasteiger partial charge is 0.338 e. The molecule has 0 radical (unpaired) electrons. The van der Waals surface area contributed by atoms with Gasteiger partial charge in [-0.05, 0) is 30.5 Å². The number of likely N-dealkylation sites (tertiary alicyclic amines) is 1. The summed E-state index contributed by atoms with van der Waals surface area (Å²) >= 11 is 0. The van der Waals surface area contributed by atoms with Gasteiger partial charge in [0.05, 0.1) is 0 Å². The second-order valence-corrected chi connectivity index (χ2v) is 4.73. The molecule has 1 atom stereocenters. The molecular weight excluding hydrogens is 273 g/mol. The number of carbonyl (C=O) groups excluding carboxylic acids is 1. The van der Waals surface area contributed by atoms with Crippen LogP contribution in [0.3, 0.4) is 0 Å². The van der Waals surface area contributed by atoms with E-state index in [-0.39, 0.29) is 36.1 Å². The monoisotopic (exact) mass is 291 g/mol. The Balaban J connectivity index is 0.00000144. The molecule has 4 nitrogen and oxygen atoms in total. The van der Waals surface area contributed by atoms with Crippen molar-refractivity contribution >= 4 is 30.7 Å². The zero-order chi connectivity index (χ0) is 11.6. The van der Waals surface area contributed by atoms with Crippen LogP contribution in [0.25, 0.3) is 0 Å². The lowest BCUT2D eigenvalue weighted by Crippen LogP contribution is -2.34. The lowest BCUT2D eigenvalue weighted by molar-refractivity contribution is 0.0777. The first kappa shape index (κ1) is 17.2. The number of pyridine rings is 1. The van der Waals surface area contributed by atoms with Gasteiger partial charge in [-0.25, -0.2) is 0 Å². The number of carbonyl (C=O) groups is 1. The fourth-order valence-electron chi connectivity index (χ4n) is 2.04. The third-order valence-electron chi connectivity index (χ3n) is 3.27. The number of nitrogens with zero attached hydrogens (tertiary/aromatic N) is 2. The van der Waals surface area contributed by atoms with Gasteiger partial charge in [0.2, 0.25) is 0 Å². The summed E-state index contributed by atoms with van der Waals surface area (Å²) in [6, 6.07) is 3.50. The average Bonchev–Trinajstić information content (AvgIpc) is 2.73. The van der Waals surface area contributed by atoms with E-state index in [0.717, 1.165) is 19.5 Å². The second-order valence-electron chi connectivity index (χ2n) is 4.73. The maximum Gasteiger partial charge on any atom is 0.253 e. The molecule has 1 saturated heterocycles. The molecule has 1 unspecified atom stereocenters. The van der Waals surface area contributed by atoms with Crippen LogP contribution in [-0.4, -0.2) is 35.4 Å². The van der Waals surface area contributed by atoms with Gasteiger partial charge in [-0.3, -0.25) is 9.78 Å². The second kappa shape index (κ2) is 6.92. The maximum absolute atomic E-state index is 12.1. The van der Waals surface area contributed by atoms with E-state index in [9.17, 15) is 4.79 Å². The first-order chi connectivity index (χ1) is 7.64. The van der Waals surface area contributed by atoms with Gasteiger partial charge in [0.15, 0.2) is 0 Å². The number of rotatable bonds is 2. The number of hydrogen-bond acceptors (Lipinski definition) is 3. The molecule has 1 aromatic rings. The van der Waals surface area contributed by atoms with Crippen molar-refractivity contribution in [1.29, 1.82) is 0 Å². The minimum absolute atomic E-state index is 0. The highest BCUT2D eigenvalue weighted by Crippen LogP contribution is 2.29. The molecule has 6 heteroatoms. The van der Waals surface area contributed by atoms with Gasteiger partial charge in [-0.1, -0.05) is 6.92 Å². The lowest BCUT2D eigenvalue weighted by Gasteiger charge is -2.22. The van der Waals surface area contributed by atoms with E-state index in [1.54, 1.807) is 24.5 Å². The van der Waals surface area contributed by atoms with Crippen LogP contribution < -0.4 is 5.73 Å². The Kier molecular flexibility index (Phi) is 6.60. The molecule has 2 N–H and O–H groups in total. The van der Waals surface area contributed by atoms with Crippen LogP contribution in [0.1, 0.15) is 23.7 Å². The Hall–Kier alpha value is -0.840. The third-order valence-corrected chi connectivity index (χ3v) is 3.27. The molecule has 0 aliphatic carbocycles. The maximum atomic E-state index is 12.1. The Bertz CT molecular complexity index is 388. The highest BCUT2D eigenvalue weighted by Gasteiger charge is 2.34. The average molecular weight is 292 g/mol. The van der Waals surface area contributed by atoms with Crippen molar-refractivity contribution in [3.63, 3.8) is 0 Å². The molecule has 1 aliphatic heterocycles. The number of aromatic nitrogens is 1. The van der Waals surface area contributed by atoms with Crippen LogP contribution in [-0.2, 0) is 0 Å². The summed E-state index contributed by atoms with van der Waals surface area (Å²) in [5, 5.41) is 0. The van der Waals surface area contributed by atoms with Gasteiger partial charge in [0, 0.05) is 31.0 Å².